The smallest absolute Gasteiger partial charge is 0.0605 e. The summed E-state index contributed by atoms with van der Waals surface area (Å²) in [6.07, 6.45) is 4.24. The Kier molecular flexibility index (Phi) is 7.61. The van der Waals surface area contributed by atoms with E-state index in [1.54, 1.807) is 0 Å². The topological polar surface area (TPSA) is 19.0 Å². The molecule has 0 bridgehead atoms. The van der Waals surface area contributed by atoms with E-state index in [1.165, 1.54) is 58.5 Å². The molecule has 0 atom stereocenters. The van der Waals surface area contributed by atoms with Crippen LogP contribution in [0.5, 0.6) is 0 Å². The summed E-state index contributed by atoms with van der Waals surface area (Å²) in [4.78, 5) is 7.66. The van der Waals surface area contributed by atoms with E-state index < -0.39 is 0 Å². The van der Waals surface area contributed by atoms with E-state index in [0.29, 0.717) is 6.10 Å². The van der Waals surface area contributed by atoms with Gasteiger partial charge in [-0.1, -0.05) is 20.8 Å². The molecule has 130 valence electrons. The van der Waals surface area contributed by atoms with Crippen LogP contribution in [-0.2, 0) is 4.74 Å². The fraction of sp³-hybridized carbons (Fsp3) is 1.00. The van der Waals surface area contributed by atoms with Gasteiger partial charge in [-0.25, -0.2) is 0 Å². The second kappa shape index (κ2) is 9.21. The largest absolute Gasteiger partial charge is 0.377 e. The summed E-state index contributed by atoms with van der Waals surface area (Å²) in [6.45, 7) is 16.2. The second-order valence-electron chi connectivity index (χ2n) is 7.63. The second-order valence-corrected chi connectivity index (χ2v) is 7.63. The van der Waals surface area contributed by atoms with Gasteiger partial charge in [-0.3, -0.25) is 4.90 Å². The van der Waals surface area contributed by atoms with Crippen molar-refractivity contribution >= 4 is 0 Å². The summed E-state index contributed by atoms with van der Waals surface area (Å²) in [5, 5.41) is 0. The minimum absolute atomic E-state index is 0.520. The van der Waals surface area contributed by atoms with Crippen molar-refractivity contribution in [2.45, 2.75) is 52.2 Å². The maximum atomic E-state index is 6.05. The Morgan fingerprint density at radius 3 is 2.32 bits per heavy atom. The lowest BCUT2D eigenvalue weighted by molar-refractivity contribution is -0.0526. The molecule has 1 heterocycles. The van der Waals surface area contributed by atoms with Crippen LogP contribution in [0.15, 0.2) is 0 Å². The van der Waals surface area contributed by atoms with Crippen molar-refractivity contribution in [3.05, 3.63) is 0 Å². The minimum Gasteiger partial charge on any atom is -0.377 e. The number of hydrogen-bond acceptors (Lipinski definition) is 4. The minimum atomic E-state index is 0.520. The summed E-state index contributed by atoms with van der Waals surface area (Å²) in [5.41, 5.74) is 0. The van der Waals surface area contributed by atoms with Crippen LogP contribution in [0.3, 0.4) is 0 Å². The van der Waals surface area contributed by atoms with E-state index in [1.807, 2.05) is 0 Å². The molecule has 0 unspecified atom stereocenters. The Hall–Kier alpha value is -0.160. The monoisotopic (exact) mass is 311 g/mol. The van der Waals surface area contributed by atoms with Gasteiger partial charge < -0.3 is 14.5 Å². The van der Waals surface area contributed by atoms with Gasteiger partial charge in [0, 0.05) is 45.3 Å². The number of ether oxygens (including phenoxy) is 1. The van der Waals surface area contributed by atoms with Crippen molar-refractivity contribution in [1.29, 1.82) is 0 Å². The van der Waals surface area contributed by atoms with E-state index in [0.717, 1.165) is 25.1 Å². The van der Waals surface area contributed by atoms with Crippen LogP contribution in [0.1, 0.15) is 40.0 Å². The molecule has 4 heteroatoms. The van der Waals surface area contributed by atoms with Crippen molar-refractivity contribution in [3.63, 3.8) is 0 Å². The fourth-order valence-corrected chi connectivity index (χ4v) is 3.63. The molecule has 0 spiro atoms. The highest BCUT2D eigenvalue weighted by Crippen LogP contribution is 2.27. The summed E-state index contributed by atoms with van der Waals surface area (Å²) in [7, 11) is 2.25. The number of rotatable bonds is 9. The summed E-state index contributed by atoms with van der Waals surface area (Å²) >= 11 is 0. The predicted octanol–water partition coefficient (Wildman–Crippen LogP) is 2.15. The van der Waals surface area contributed by atoms with Gasteiger partial charge in [0.15, 0.2) is 0 Å². The Balaban J connectivity index is 1.49. The van der Waals surface area contributed by atoms with Crippen LogP contribution < -0.4 is 0 Å². The zero-order valence-corrected chi connectivity index (χ0v) is 15.3. The first kappa shape index (κ1) is 18.2. The van der Waals surface area contributed by atoms with Crippen molar-refractivity contribution in [2.75, 3.05) is 59.5 Å². The molecule has 22 heavy (non-hydrogen) atoms. The molecular formula is C18H37N3O. The zero-order valence-electron chi connectivity index (χ0n) is 15.3. The molecule has 4 nitrogen and oxygen atoms in total. The van der Waals surface area contributed by atoms with Crippen LogP contribution in [0.25, 0.3) is 0 Å². The maximum absolute atomic E-state index is 6.05. The van der Waals surface area contributed by atoms with Crippen molar-refractivity contribution < 1.29 is 4.74 Å². The standard InChI is InChI=1S/C18H37N3O/c1-5-6-19(4)17-13-18(14-17)22-12-11-20-7-9-21(10-8-20)15-16(2)3/h16-18H,5-15H2,1-4H3/t17-,18-. The SMILES string of the molecule is CCCN(C)[C@H]1C[C@H](OCCN2CCN(CC(C)C)CC2)C1. The Bertz CT molecular complexity index is 297. The lowest BCUT2D eigenvalue weighted by Crippen LogP contribution is -2.49. The van der Waals surface area contributed by atoms with Gasteiger partial charge in [0.1, 0.15) is 0 Å². The van der Waals surface area contributed by atoms with Crippen molar-refractivity contribution in [2.24, 2.45) is 5.92 Å². The Labute approximate surface area is 137 Å². The molecule has 0 aromatic rings. The average Bonchev–Trinajstić information content (AvgIpc) is 2.42. The highest BCUT2D eigenvalue weighted by Gasteiger charge is 2.32. The lowest BCUT2D eigenvalue weighted by atomic mass is 9.88. The van der Waals surface area contributed by atoms with Gasteiger partial charge in [-0.15, -0.1) is 0 Å². The molecule has 2 rings (SSSR count). The van der Waals surface area contributed by atoms with Gasteiger partial charge in [0.2, 0.25) is 0 Å². The van der Waals surface area contributed by atoms with Gasteiger partial charge in [0.05, 0.1) is 12.7 Å². The summed E-state index contributed by atoms with van der Waals surface area (Å²) < 4.78 is 6.05. The predicted molar refractivity (Wildman–Crippen MR) is 93.4 cm³/mol. The molecule has 0 N–H and O–H groups in total. The maximum Gasteiger partial charge on any atom is 0.0605 e. The van der Waals surface area contributed by atoms with Gasteiger partial charge in [-0.05, 0) is 38.8 Å². The van der Waals surface area contributed by atoms with E-state index in [-0.39, 0.29) is 0 Å². The fourth-order valence-electron chi connectivity index (χ4n) is 3.63. The van der Waals surface area contributed by atoms with Gasteiger partial charge in [-0.2, -0.15) is 0 Å². The van der Waals surface area contributed by atoms with E-state index in [4.69, 9.17) is 4.74 Å². The normalized spacial score (nSPS) is 27.5. The van der Waals surface area contributed by atoms with Crippen LogP contribution >= 0.6 is 0 Å². The van der Waals surface area contributed by atoms with E-state index in [2.05, 4.69) is 42.5 Å². The molecular weight excluding hydrogens is 274 g/mol. The molecule has 2 fully saturated rings. The molecule has 0 radical (unpaired) electrons. The van der Waals surface area contributed by atoms with Crippen molar-refractivity contribution in [3.8, 4) is 0 Å². The average molecular weight is 312 g/mol. The molecule has 1 saturated carbocycles. The van der Waals surface area contributed by atoms with Crippen molar-refractivity contribution in [1.82, 2.24) is 14.7 Å². The summed E-state index contributed by atoms with van der Waals surface area (Å²) in [5.74, 6) is 0.785. The zero-order chi connectivity index (χ0) is 15.9. The third-order valence-corrected chi connectivity index (χ3v) is 5.12. The van der Waals surface area contributed by atoms with Gasteiger partial charge >= 0.3 is 0 Å². The first-order valence-corrected chi connectivity index (χ1v) is 9.35. The molecule has 0 aromatic heterocycles. The highest BCUT2D eigenvalue weighted by molar-refractivity contribution is 4.87. The number of hydrogen-bond donors (Lipinski definition) is 0. The van der Waals surface area contributed by atoms with Crippen LogP contribution in [-0.4, -0.2) is 86.3 Å². The lowest BCUT2D eigenvalue weighted by Gasteiger charge is -2.41. The van der Waals surface area contributed by atoms with E-state index in [9.17, 15) is 0 Å². The molecule has 0 aromatic carbocycles. The molecule has 1 aliphatic heterocycles. The Morgan fingerprint density at radius 2 is 1.73 bits per heavy atom. The number of piperazine rings is 1. The van der Waals surface area contributed by atoms with Crippen LogP contribution in [0.2, 0.25) is 0 Å². The Morgan fingerprint density at radius 1 is 1.09 bits per heavy atom. The van der Waals surface area contributed by atoms with Crippen LogP contribution in [0, 0.1) is 5.92 Å². The molecule has 2 aliphatic rings. The quantitative estimate of drug-likeness (QED) is 0.649. The van der Waals surface area contributed by atoms with E-state index >= 15 is 0 Å². The molecule has 0 amide bonds. The van der Waals surface area contributed by atoms with Crippen LogP contribution in [0.4, 0.5) is 0 Å². The number of nitrogens with zero attached hydrogens (tertiary/aromatic N) is 3. The highest BCUT2D eigenvalue weighted by atomic mass is 16.5. The first-order chi connectivity index (χ1) is 10.6. The summed E-state index contributed by atoms with van der Waals surface area (Å²) in [6, 6.07) is 0.768. The third kappa shape index (κ3) is 5.80. The molecule has 1 aliphatic carbocycles. The molecule has 1 saturated heterocycles. The van der Waals surface area contributed by atoms with Gasteiger partial charge in [0.25, 0.3) is 0 Å². The third-order valence-electron chi connectivity index (χ3n) is 5.12. The first-order valence-electron chi connectivity index (χ1n) is 9.35.